The predicted octanol–water partition coefficient (Wildman–Crippen LogP) is 4.23. The van der Waals surface area contributed by atoms with Crippen molar-refractivity contribution < 1.29 is 18.8 Å². The SMILES string of the molecule is O=C(NC(Cc1ccc2[nH]ncc2c1)C(=O)N1CCN(c2ccc(F)cc2)CC1)N1CCC(N2CCc3ccccc3NC2=O)CC1. The van der Waals surface area contributed by atoms with E-state index in [-0.39, 0.29) is 29.8 Å². The number of anilines is 2. The average molecular weight is 639 g/mol. The third kappa shape index (κ3) is 6.72. The molecule has 0 bridgehead atoms. The Morgan fingerprint density at radius 2 is 1.68 bits per heavy atom. The number of benzene rings is 3. The Bertz CT molecular complexity index is 1750. The number of para-hydroxylation sites is 1. The number of carbonyl (C=O) groups excluding carboxylic acids is 3. The van der Waals surface area contributed by atoms with Crippen LogP contribution >= 0.6 is 0 Å². The summed E-state index contributed by atoms with van der Waals surface area (Å²) in [6, 6.07) is 19.1. The molecule has 0 spiro atoms. The zero-order valence-corrected chi connectivity index (χ0v) is 26.2. The van der Waals surface area contributed by atoms with Crippen molar-refractivity contribution in [1.82, 2.24) is 30.2 Å². The number of rotatable bonds is 6. The van der Waals surface area contributed by atoms with Gasteiger partial charge in [0.25, 0.3) is 0 Å². The van der Waals surface area contributed by atoms with Gasteiger partial charge in [-0.1, -0.05) is 24.3 Å². The molecule has 3 aliphatic rings. The van der Waals surface area contributed by atoms with Crippen LogP contribution in [0, 0.1) is 5.82 Å². The first-order valence-corrected chi connectivity index (χ1v) is 16.3. The normalized spacial score (nSPS) is 18.0. The Morgan fingerprint density at radius 1 is 0.915 bits per heavy atom. The van der Waals surface area contributed by atoms with E-state index in [2.05, 4.69) is 25.7 Å². The van der Waals surface area contributed by atoms with Crippen LogP contribution in [0.5, 0.6) is 0 Å². The van der Waals surface area contributed by atoms with Gasteiger partial charge in [0, 0.05) is 75.0 Å². The first-order valence-electron chi connectivity index (χ1n) is 16.3. The summed E-state index contributed by atoms with van der Waals surface area (Å²) in [5, 5.41) is 14.1. The number of fused-ring (bicyclic) bond motifs is 2. The first kappa shape index (κ1) is 30.5. The number of nitrogens with zero attached hydrogens (tertiary/aromatic N) is 5. The largest absolute Gasteiger partial charge is 0.368 e. The van der Waals surface area contributed by atoms with E-state index in [0.717, 1.165) is 39.8 Å². The summed E-state index contributed by atoms with van der Waals surface area (Å²) in [6.45, 7) is 3.83. The highest BCUT2D eigenvalue weighted by Gasteiger charge is 2.34. The molecule has 0 saturated carbocycles. The van der Waals surface area contributed by atoms with Gasteiger partial charge in [0.05, 0.1) is 11.7 Å². The van der Waals surface area contributed by atoms with Crippen molar-refractivity contribution in [1.29, 1.82) is 0 Å². The molecule has 5 amide bonds. The Kier molecular flexibility index (Phi) is 8.64. The highest BCUT2D eigenvalue weighted by atomic mass is 19.1. The molecule has 11 nitrogen and oxygen atoms in total. The zero-order chi connectivity index (χ0) is 32.3. The molecule has 1 unspecified atom stereocenters. The van der Waals surface area contributed by atoms with E-state index in [1.54, 1.807) is 23.2 Å². The summed E-state index contributed by atoms with van der Waals surface area (Å²) >= 11 is 0. The first-order chi connectivity index (χ1) is 22.9. The number of piperazine rings is 1. The smallest absolute Gasteiger partial charge is 0.322 e. The highest BCUT2D eigenvalue weighted by Crippen LogP contribution is 2.25. The van der Waals surface area contributed by atoms with Crippen LogP contribution in [-0.4, -0.2) is 101 Å². The maximum absolute atomic E-state index is 14.0. The molecule has 4 aromatic rings. The lowest BCUT2D eigenvalue weighted by molar-refractivity contribution is -0.133. The summed E-state index contributed by atoms with van der Waals surface area (Å²) in [7, 11) is 0. The number of carbonyl (C=O) groups is 3. The summed E-state index contributed by atoms with van der Waals surface area (Å²) in [4.78, 5) is 48.3. The predicted molar refractivity (Wildman–Crippen MR) is 178 cm³/mol. The fourth-order valence-electron chi connectivity index (χ4n) is 6.97. The number of urea groups is 2. The molecule has 3 aromatic carbocycles. The Labute approximate surface area is 272 Å². The van der Waals surface area contributed by atoms with E-state index in [1.807, 2.05) is 52.3 Å². The van der Waals surface area contributed by atoms with Gasteiger partial charge in [-0.3, -0.25) is 9.89 Å². The standard InChI is InChI=1S/C35H39FN8O3/c36-27-6-8-28(9-7-27)41-17-19-42(20-18-41)33(45)32(22-24-5-10-31-26(21-24)23-37-40-31)39-34(46)43-14-12-29(13-15-43)44-16-11-25-3-1-2-4-30(25)38-35(44)47/h1-10,21,23,29,32H,11-20,22H2,(H,37,40)(H,38,47)(H,39,46). The minimum atomic E-state index is -0.753. The molecule has 4 heterocycles. The third-order valence-electron chi connectivity index (χ3n) is 9.66. The molecule has 2 saturated heterocycles. The molecule has 47 heavy (non-hydrogen) atoms. The van der Waals surface area contributed by atoms with Crippen molar-refractivity contribution in [2.75, 3.05) is 56.0 Å². The summed E-state index contributed by atoms with van der Waals surface area (Å²) in [5.74, 6) is -0.405. The van der Waals surface area contributed by atoms with Gasteiger partial charge >= 0.3 is 12.1 Å². The lowest BCUT2D eigenvalue weighted by Crippen LogP contribution is -2.58. The van der Waals surface area contributed by atoms with E-state index in [4.69, 9.17) is 0 Å². The summed E-state index contributed by atoms with van der Waals surface area (Å²) in [6.07, 6.45) is 4.20. The fraction of sp³-hybridized carbons (Fsp3) is 0.371. The van der Waals surface area contributed by atoms with Crippen molar-refractivity contribution in [3.63, 3.8) is 0 Å². The molecule has 1 aromatic heterocycles. The van der Waals surface area contributed by atoms with Crippen LogP contribution in [0.4, 0.5) is 25.4 Å². The van der Waals surface area contributed by atoms with Crippen LogP contribution in [-0.2, 0) is 17.6 Å². The Balaban J connectivity index is 0.997. The van der Waals surface area contributed by atoms with Crippen LogP contribution in [0.2, 0.25) is 0 Å². The van der Waals surface area contributed by atoms with Gasteiger partial charge in [-0.2, -0.15) is 5.10 Å². The summed E-state index contributed by atoms with van der Waals surface area (Å²) in [5.41, 5.74) is 4.73. The number of aromatic nitrogens is 2. The Hall–Kier alpha value is -5.13. The number of aromatic amines is 1. The molecule has 7 rings (SSSR count). The molecule has 2 fully saturated rings. The number of likely N-dealkylation sites (tertiary alicyclic amines) is 1. The lowest BCUT2D eigenvalue weighted by atomic mass is 10.0. The third-order valence-corrected chi connectivity index (χ3v) is 9.66. The molecule has 244 valence electrons. The highest BCUT2D eigenvalue weighted by molar-refractivity contribution is 5.91. The maximum Gasteiger partial charge on any atom is 0.322 e. The van der Waals surface area contributed by atoms with Crippen molar-refractivity contribution in [3.05, 3.63) is 89.9 Å². The average Bonchev–Trinajstić information content (AvgIpc) is 3.50. The number of hydrogen-bond donors (Lipinski definition) is 3. The van der Waals surface area contributed by atoms with Crippen LogP contribution in [0.25, 0.3) is 10.9 Å². The van der Waals surface area contributed by atoms with Crippen molar-refractivity contribution in [2.45, 2.75) is 37.8 Å². The van der Waals surface area contributed by atoms with Crippen LogP contribution in [0.1, 0.15) is 24.0 Å². The number of hydrogen-bond acceptors (Lipinski definition) is 5. The van der Waals surface area contributed by atoms with Crippen molar-refractivity contribution in [2.24, 2.45) is 0 Å². The van der Waals surface area contributed by atoms with E-state index in [1.165, 1.54) is 12.1 Å². The minimum Gasteiger partial charge on any atom is -0.368 e. The molecule has 3 N–H and O–H groups in total. The molecule has 0 aliphatic carbocycles. The van der Waals surface area contributed by atoms with Gasteiger partial charge < -0.3 is 30.2 Å². The maximum atomic E-state index is 14.0. The van der Waals surface area contributed by atoms with Gasteiger partial charge in [0.15, 0.2) is 0 Å². The number of amides is 5. The number of H-pyrrole nitrogens is 1. The number of piperidine rings is 1. The van der Waals surface area contributed by atoms with Crippen LogP contribution in [0.15, 0.2) is 72.9 Å². The van der Waals surface area contributed by atoms with Gasteiger partial charge in [-0.15, -0.1) is 0 Å². The molecular formula is C35H39FN8O3. The second kappa shape index (κ2) is 13.3. The van der Waals surface area contributed by atoms with E-state index >= 15 is 0 Å². The van der Waals surface area contributed by atoms with E-state index < -0.39 is 6.04 Å². The quantitative estimate of drug-likeness (QED) is 0.293. The summed E-state index contributed by atoms with van der Waals surface area (Å²) < 4.78 is 13.4. The second-order valence-corrected chi connectivity index (χ2v) is 12.5. The number of nitrogens with one attached hydrogen (secondary N) is 3. The van der Waals surface area contributed by atoms with Crippen molar-refractivity contribution in [3.8, 4) is 0 Å². The Morgan fingerprint density at radius 3 is 2.47 bits per heavy atom. The monoisotopic (exact) mass is 638 g/mol. The molecule has 12 heteroatoms. The van der Waals surface area contributed by atoms with Gasteiger partial charge in [0.1, 0.15) is 11.9 Å². The van der Waals surface area contributed by atoms with Gasteiger partial charge in [0.2, 0.25) is 5.91 Å². The molecule has 0 radical (unpaired) electrons. The van der Waals surface area contributed by atoms with E-state index in [0.29, 0.717) is 65.1 Å². The fourth-order valence-corrected chi connectivity index (χ4v) is 6.97. The molecule has 3 aliphatic heterocycles. The number of halogens is 1. The molecular weight excluding hydrogens is 599 g/mol. The minimum absolute atomic E-state index is 0.0323. The molecule has 1 atom stereocenters. The second-order valence-electron chi connectivity index (χ2n) is 12.5. The van der Waals surface area contributed by atoms with Crippen molar-refractivity contribution >= 4 is 40.2 Å². The zero-order valence-electron chi connectivity index (χ0n) is 26.2. The van der Waals surface area contributed by atoms with Crippen LogP contribution in [0.3, 0.4) is 0 Å². The van der Waals surface area contributed by atoms with Gasteiger partial charge in [-0.05, 0) is 72.9 Å². The van der Waals surface area contributed by atoms with Gasteiger partial charge in [-0.25, -0.2) is 14.0 Å². The van der Waals surface area contributed by atoms with Crippen LogP contribution < -0.4 is 15.5 Å². The lowest BCUT2D eigenvalue weighted by Gasteiger charge is -2.39. The van der Waals surface area contributed by atoms with E-state index in [9.17, 15) is 18.8 Å². The topological polar surface area (TPSA) is 117 Å².